The van der Waals surface area contributed by atoms with Gasteiger partial charge in [0.25, 0.3) is 11.8 Å². The number of thiol groups is 1. The molecule has 3 aromatic rings. The van der Waals surface area contributed by atoms with E-state index < -0.39 is 0 Å². The van der Waals surface area contributed by atoms with E-state index in [0.717, 1.165) is 61.2 Å². The van der Waals surface area contributed by atoms with E-state index in [1.165, 1.54) is 5.56 Å². The van der Waals surface area contributed by atoms with Gasteiger partial charge in [-0.2, -0.15) is 12.6 Å². The summed E-state index contributed by atoms with van der Waals surface area (Å²) >= 11 is 4.21. The van der Waals surface area contributed by atoms with Crippen molar-refractivity contribution >= 4 is 24.4 Å². The summed E-state index contributed by atoms with van der Waals surface area (Å²) in [5, 5.41) is 0. The lowest BCUT2D eigenvalue weighted by Crippen LogP contribution is -2.32. The Balaban J connectivity index is 0.000000264. The summed E-state index contributed by atoms with van der Waals surface area (Å²) in [6, 6.07) is 21.4. The second kappa shape index (κ2) is 16.6. The van der Waals surface area contributed by atoms with Gasteiger partial charge >= 0.3 is 0 Å². The summed E-state index contributed by atoms with van der Waals surface area (Å²) in [4.78, 5) is 32.4. The normalized spacial score (nSPS) is 10.3. The van der Waals surface area contributed by atoms with Crippen molar-refractivity contribution in [3.8, 4) is 0 Å². The van der Waals surface area contributed by atoms with Crippen LogP contribution in [0.1, 0.15) is 71.1 Å². The molecule has 5 nitrogen and oxygen atoms in total. The summed E-state index contributed by atoms with van der Waals surface area (Å²) in [6.45, 7) is 8.64. The zero-order valence-electron chi connectivity index (χ0n) is 22.7. The van der Waals surface area contributed by atoms with Gasteiger partial charge in [-0.15, -0.1) is 0 Å². The van der Waals surface area contributed by atoms with Gasteiger partial charge in [0.15, 0.2) is 0 Å². The minimum atomic E-state index is 0.0589. The Labute approximate surface area is 228 Å². The van der Waals surface area contributed by atoms with Crippen molar-refractivity contribution in [3.63, 3.8) is 0 Å². The molecule has 0 atom stereocenters. The van der Waals surface area contributed by atoms with Gasteiger partial charge in [-0.05, 0) is 66.8 Å². The summed E-state index contributed by atoms with van der Waals surface area (Å²) < 4.78 is 0. The average molecular weight is 520 g/mol. The van der Waals surface area contributed by atoms with Gasteiger partial charge in [-0.3, -0.25) is 14.6 Å². The molecule has 0 fully saturated rings. The van der Waals surface area contributed by atoms with Gasteiger partial charge in [0.2, 0.25) is 0 Å². The molecule has 0 bridgehead atoms. The monoisotopic (exact) mass is 519 g/mol. The van der Waals surface area contributed by atoms with Crippen molar-refractivity contribution in [2.45, 2.75) is 52.2 Å². The van der Waals surface area contributed by atoms with Crippen LogP contribution in [-0.2, 0) is 18.6 Å². The van der Waals surface area contributed by atoms with Crippen molar-refractivity contribution in [1.82, 2.24) is 14.8 Å². The summed E-state index contributed by atoms with van der Waals surface area (Å²) in [5.41, 5.74) is 4.91. The zero-order valence-corrected chi connectivity index (χ0v) is 23.6. The molecule has 198 valence electrons. The number of benzene rings is 2. The van der Waals surface area contributed by atoms with Crippen LogP contribution in [0, 0.1) is 0 Å². The Morgan fingerprint density at radius 3 is 1.81 bits per heavy atom. The third-order valence-electron chi connectivity index (χ3n) is 6.04. The standard InChI is InChI=1S/C17H20N2O.C14H21NOS/c1-3-14-7-9-15(10-8-14)17(20)19(2)13-11-16-6-4-5-12-18-16;1-3-9-15(10-4-2)14(16)13-7-5-12(11-17)6-8-13/h4-10,12H,3,11,13H2,1-2H3;5-8,17H,3-4,9-11H2,1-2H3. The number of hydrogen-bond donors (Lipinski definition) is 1. The van der Waals surface area contributed by atoms with Crippen LogP contribution in [0.25, 0.3) is 0 Å². The number of amides is 2. The Hall–Kier alpha value is -3.12. The molecule has 0 aliphatic carbocycles. The average Bonchev–Trinajstić information content (AvgIpc) is 2.96. The van der Waals surface area contributed by atoms with Crippen LogP contribution in [0.15, 0.2) is 72.9 Å². The number of likely N-dealkylation sites (N-methyl/N-ethyl adjacent to an activating group) is 1. The molecule has 1 heterocycles. The second-order valence-electron chi connectivity index (χ2n) is 9.00. The molecule has 0 saturated carbocycles. The summed E-state index contributed by atoms with van der Waals surface area (Å²) in [6.07, 6.45) is 5.54. The Bertz CT molecular complexity index is 1060. The maximum absolute atomic E-state index is 12.3. The smallest absolute Gasteiger partial charge is 0.253 e. The second-order valence-corrected chi connectivity index (χ2v) is 9.31. The van der Waals surface area contributed by atoms with Gasteiger partial charge in [0.05, 0.1) is 0 Å². The van der Waals surface area contributed by atoms with Gasteiger partial charge in [-0.25, -0.2) is 0 Å². The fourth-order valence-corrected chi connectivity index (χ4v) is 4.03. The molecule has 0 saturated heterocycles. The molecule has 0 unspecified atom stereocenters. The predicted octanol–water partition coefficient (Wildman–Crippen LogP) is 6.34. The summed E-state index contributed by atoms with van der Waals surface area (Å²) in [7, 11) is 1.83. The molecule has 6 heteroatoms. The van der Waals surface area contributed by atoms with E-state index in [0.29, 0.717) is 12.3 Å². The number of carbonyl (C=O) groups excluding carboxylic acids is 2. The number of aryl methyl sites for hydroxylation is 1. The number of nitrogens with zero attached hydrogens (tertiary/aromatic N) is 3. The third kappa shape index (κ3) is 10.0. The molecule has 1 aromatic heterocycles. The number of carbonyl (C=O) groups is 2. The van der Waals surface area contributed by atoms with Gasteiger partial charge in [0, 0.05) is 61.9 Å². The summed E-state index contributed by atoms with van der Waals surface area (Å²) in [5.74, 6) is 0.908. The molecule has 0 aliphatic rings. The lowest BCUT2D eigenvalue weighted by atomic mass is 10.1. The van der Waals surface area contributed by atoms with Gasteiger partial charge in [-0.1, -0.05) is 51.1 Å². The molecule has 2 aromatic carbocycles. The fraction of sp³-hybridized carbons (Fsp3) is 0.387. The van der Waals surface area contributed by atoms with Crippen molar-refractivity contribution in [1.29, 1.82) is 0 Å². The number of aromatic nitrogens is 1. The van der Waals surface area contributed by atoms with E-state index >= 15 is 0 Å². The van der Waals surface area contributed by atoms with Gasteiger partial charge in [0.1, 0.15) is 0 Å². The lowest BCUT2D eigenvalue weighted by molar-refractivity contribution is 0.0754. The number of hydrogen-bond acceptors (Lipinski definition) is 4. The van der Waals surface area contributed by atoms with Crippen LogP contribution >= 0.6 is 12.6 Å². The van der Waals surface area contributed by atoms with Crippen molar-refractivity contribution in [2.75, 3.05) is 26.7 Å². The van der Waals surface area contributed by atoms with E-state index in [1.807, 2.05) is 78.7 Å². The number of pyridine rings is 1. The molecule has 0 aliphatic heterocycles. The Kier molecular flexibility index (Phi) is 13.5. The van der Waals surface area contributed by atoms with Crippen molar-refractivity contribution < 1.29 is 9.59 Å². The van der Waals surface area contributed by atoms with Crippen LogP contribution in [0.2, 0.25) is 0 Å². The third-order valence-corrected chi connectivity index (χ3v) is 6.41. The lowest BCUT2D eigenvalue weighted by Gasteiger charge is -2.21. The number of rotatable bonds is 11. The Morgan fingerprint density at radius 2 is 1.32 bits per heavy atom. The quantitative estimate of drug-likeness (QED) is 0.301. The first-order valence-corrected chi connectivity index (χ1v) is 13.8. The topological polar surface area (TPSA) is 53.5 Å². The van der Waals surface area contributed by atoms with Crippen molar-refractivity contribution in [3.05, 3.63) is 101 Å². The van der Waals surface area contributed by atoms with Gasteiger partial charge < -0.3 is 9.80 Å². The SMILES string of the molecule is CCCN(CCC)C(=O)c1ccc(CS)cc1.CCc1ccc(C(=O)N(C)CCc2ccccn2)cc1. The molecule has 0 spiro atoms. The molecular formula is C31H41N3O2S. The molecule has 3 rings (SSSR count). The maximum atomic E-state index is 12.3. The molecule has 0 N–H and O–H groups in total. The van der Waals surface area contributed by atoms with E-state index in [1.54, 1.807) is 11.1 Å². The first kappa shape index (κ1) is 30.1. The van der Waals surface area contributed by atoms with E-state index in [9.17, 15) is 9.59 Å². The van der Waals surface area contributed by atoms with Crippen LogP contribution in [0.3, 0.4) is 0 Å². The van der Waals surface area contributed by atoms with Crippen LogP contribution in [-0.4, -0.2) is 53.3 Å². The van der Waals surface area contributed by atoms with Crippen LogP contribution in [0.4, 0.5) is 0 Å². The highest BCUT2D eigenvalue weighted by Crippen LogP contribution is 2.11. The minimum absolute atomic E-state index is 0.0589. The molecule has 0 radical (unpaired) electrons. The van der Waals surface area contributed by atoms with Crippen LogP contribution < -0.4 is 0 Å². The minimum Gasteiger partial charge on any atom is -0.341 e. The first-order chi connectivity index (χ1) is 17.9. The predicted molar refractivity (Wildman–Crippen MR) is 156 cm³/mol. The maximum Gasteiger partial charge on any atom is 0.253 e. The van der Waals surface area contributed by atoms with Crippen molar-refractivity contribution in [2.24, 2.45) is 0 Å². The highest BCUT2D eigenvalue weighted by atomic mass is 32.1. The van der Waals surface area contributed by atoms with Crippen LogP contribution in [0.5, 0.6) is 0 Å². The highest BCUT2D eigenvalue weighted by molar-refractivity contribution is 7.79. The first-order valence-electron chi connectivity index (χ1n) is 13.2. The molecular weight excluding hydrogens is 478 g/mol. The fourth-order valence-electron chi connectivity index (χ4n) is 3.82. The molecule has 37 heavy (non-hydrogen) atoms. The molecule has 2 amide bonds. The van der Waals surface area contributed by atoms with E-state index in [2.05, 4.69) is 38.4 Å². The van der Waals surface area contributed by atoms with E-state index in [4.69, 9.17) is 0 Å². The zero-order chi connectivity index (χ0) is 27.0. The largest absolute Gasteiger partial charge is 0.341 e. The van der Waals surface area contributed by atoms with E-state index in [-0.39, 0.29) is 11.8 Å². The Morgan fingerprint density at radius 1 is 0.757 bits per heavy atom. The highest BCUT2D eigenvalue weighted by Gasteiger charge is 2.14.